The van der Waals surface area contributed by atoms with E-state index < -0.39 is 24.7 Å². The van der Waals surface area contributed by atoms with Crippen molar-refractivity contribution >= 4 is 11.7 Å². The minimum atomic E-state index is -4.32. The molecule has 10 heteroatoms. The lowest BCUT2D eigenvalue weighted by molar-refractivity contribution is -0.137. The second-order valence-electron chi connectivity index (χ2n) is 10.5. The van der Waals surface area contributed by atoms with E-state index in [9.17, 15) is 26.7 Å². The maximum absolute atomic E-state index is 13.0. The van der Waals surface area contributed by atoms with Crippen LogP contribution in [0.4, 0.5) is 22.0 Å². The third-order valence-corrected chi connectivity index (χ3v) is 7.08. The summed E-state index contributed by atoms with van der Waals surface area (Å²) in [5.74, 6) is 0.898. The highest BCUT2D eigenvalue weighted by Gasteiger charge is 2.31. The summed E-state index contributed by atoms with van der Waals surface area (Å²) in [5, 5.41) is 3.13. The van der Waals surface area contributed by atoms with Gasteiger partial charge < -0.3 is 10.2 Å². The number of likely N-dealkylation sites (N-methyl/N-ethyl adjacent to an activating group) is 1. The predicted octanol–water partition coefficient (Wildman–Crippen LogP) is 7.91. The van der Waals surface area contributed by atoms with E-state index in [0.29, 0.717) is 30.3 Å². The first-order valence-electron chi connectivity index (χ1n) is 14.8. The Bertz CT molecular complexity index is 1200. The number of nitrogens with zero attached hydrogens (tertiary/aromatic N) is 3. The molecule has 1 saturated heterocycles. The first-order chi connectivity index (χ1) is 20.9. The fraction of sp³-hybridized carbons (Fsp3) is 0.471. The van der Waals surface area contributed by atoms with E-state index in [-0.39, 0.29) is 5.91 Å². The molecule has 2 aromatic carbocycles. The molecule has 1 aliphatic heterocycles. The van der Waals surface area contributed by atoms with Crippen LogP contribution in [0.1, 0.15) is 55.9 Å². The zero-order valence-electron chi connectivity index (χ0n) is 26.7. The summed E-state index contributed by atoms with van der Waals surface area (Å²) < 4.78 is 58.3. The Kier molecular flexibility index (Phi) is 17.2. The fourth-order valence-corrected chi connectivity index (χ4v) is 4.83. The van der Waals surface area contributed by atoms with Gasteiger partial charge in [-0.25, -0.2) is 8.78 Å². The number of likely N-dealkylation sites (tertiary alicyclic amines) is 1. The minimum absolute atomic E-state index is 0.0677. The molecule has 1 unspecified atom stereocenters. The number of nitrogens with one attached hydrogen (secondary N) is 1. The summed E-state index contributed by atoms with van der Waals surface area (Å²) in [5.41, 5.74) is 2.98. The van der Waals surface area contributed by atoms with E-state index in [2.05, 4.69) is 22.9 Å². The van der Waals surface area contributed by atoms with Gasteiger partial charge >= 0.3 is 6.18 Å². The Labute approximate surface area is 259 Å². The van der Waals surface area contributed by atoms with Crippen molar-refractivity contribution in [2.45, 2.75) is 65.7 Å². The zero-order valence-corrected chi connectivity index (χ0v) is 26.7. The van der Waals surface area contributed by atoms with Crippen LogP contribution in [-0.2, 0) is 23.9 Å². The van der Waals surface area contributed by atoms with Crippen molar-refractivity contribution in [3.8, 4) is 0 Å². The minimum Gasteiger partial charge on any atom is -0.347 e. The molecule has 3 rings (SSSR count). The monoisotopic (exact) mass is 622 g/mol. The fourth-order valence-electron chi connectivity index (χ4n) is 4.83. The molecule has 0 aromatic heterocycles. The molecule has 1 heterocycles. The Morgan fingerprint density at radius 3 is 2.20 bits per heavy atom. The van der Waals surface area contributed by atoms with Gasteiger partial charge in [0.15, 0.2) is 0 Å². The highest BCUT2D eigenvalue weighted by atomic mass is 19.4. The quantitative estimate of drug-likeness (QED) is 0.176. The number of carbonyl (C=O) groups is 1. The number of piperidine rings is 1. The third kappa shape index (κ3) is 13.0. The summed E-state index contributed by atoms with van der Waals surface area (Å²) in [6.45, 7) is 12.1. The van der Waals surface area contributed by atoms with Gasteiger partial charge in [0, 0.05) is 27.1 Å². The highest BCUT2D eigenvalue weighted by Crippen LogP contribution is 2.31. The van der Waals surface area contributed by atoms with Gasteiger partial charge in [0.2, 0.25) is 12.8 Å². The summed E-state index contributed by atoms with van der Waals surface area (Å²) in [6, 6.07) is 13.3. The van der Waals surface area contributed by atoms with Crippen LogP contribution in [0.15, 0.2) is 78.0 Å². The van der Waals surface area contributed by atoms with Crippen molar-refractivity contribution in [1.29, 1.82) is 0 Å². The van der Waals surface area contributed by atoms with Crippen LogP contribution >= 0.6 is 0 Å². The number of allylic oxidation sites excluding steroid dienone is 1. The standard InChI is InChI=1S/C31H39F3N4O.C2H6.CH2F2/c1-6-35-29(36-28(30(39)37(4)5)20-24-10-8-7-9-11-24)23(3)18-25-14-16-38(17-15-25)21-26-12-13-27(19-22(26)2)31(32,33)34;1-2;2-1-3/h6-13,18-19,25,28H,1,14-17,20-21H2,2-5H3,(H,35,36);1-2H3;1H2/b23-18+;;. The van der Waals surface area contributed by atoms with Crippen molar-refractivity contribution in [3.63, 3.8) is 0 Å². The van der Waals surface area contributed by atoms with Crippen LogP contribution in [0.5, 0.6) is 0 Å². The molecule has 244 valence electrons. The average Bonchev–Trinajstić information content (AvgIpc) is 2.99. The van der Waals surface area contributed by atoms with Crippen molar-refractivity contribution < 1.29 is 26.7 Å². The van der Waals surface area contributed by atoms with Crippen molar-refractivity contribution in [3.05, 3.63) is 95.2 Å². The van der Waals surface area contributed by atoms with Gasteiger partial charge in [-0.3, -0.25) is 14.7 Å². The number of hydrogen-bond donors (Lipinski definition) is 1. The number of halogens is 5. The summed E-state index contributed by atoms with van der Waals surface area (Å²) in [4.78, 5) is 21.7. The van der Waals surface area contributed by atoms with Gasteiger partial charge in [0.05, 0.1) is 5.56 Å². The molecular formula is C34H47F5N4O. The number of carbonyl (C=O) groups excluding carboxylic acids is 1. The Morgan fingerprint density at radius 2 is 1.70 bits per heavy atom. The Morgan fingerprint density at radius 1 is 1.11 bits per heavy atom. The summed E-state index contributed by atoms with van der Waals surface area (Å²) in [6.07, 6.45) is 1.82. The third-order valence-electron chi connectivity index (χ3n) is 7.08. The van der Waals surface area contributed by atoms with Crippen molar-refractivity contribution in [2.75, 3.05) is 34.1 Å². The van der Waals surface area contributed by atoms with Crippen LogP contribution in [0.25, 0.3) is 0 Å². The largest absolute Gasteiger partial charge is 0.416 e. The van der Waals surface area contributed by atoms with Crippen molar-refractivity contribution in [2.24, 2.45) is 10.9 Å². The first-order valence-corrected chi connectivity index (χ1v) is 14.8. The number of alkyl halides is 5. The average molecular weight is 623 g/mol. The lowest BCUT2D eigenvalue weighted by atomic mass is 9.93. The molecule has 0 saturated carbocycles. The molecule has 1 fully saturated rings. The first kappa shape index (κ1) is 38.5. The van der Waals surface area contributed by atoms with Crippen LogP contribution in [-0.4, -0.2) is 61.7 Å². The predicted molar refractivity (Wildman–Crippen MR) is 170 cm³/mol. The molecule has 0 spiro atoms. The summed E-state index contributed by atoms with van der Waals surface area (Å²) >= 11 is 0. The molecule has 5 nitrogen and oxygen atoms in total. The highest BCUT2D eigenvalue weighted by molar-refractivity contribution is 6.00. The molecule has 1 atom stereocenters. The van der Waals surface area contributed by atoms with Crippen LogP contribution in [0.2, 0.25) is 0 Å². The number of benzene rings is 2. The van der Waals surface area contributed by atoms with Gasteiger partial charge in [-0.05, 0) is 86.3 Å². The molecule has 0 bridgehead atoms. The molecule has 0 radical (unpaired) electrons. The van der Waals surface area contributed by atoms with Gasteiger partial charge in [-0.15, -0.1) is 0 Å². The number of rotatable bonds is 9. The molecule has 1 amide bonds. The van der Waals surface area contributed by atoms with Gasteiger partial charge in [0.25, 0.3) is 0 Å². The lowest BCUT2D eigenvalue weighted by Crippen LogP contribution is -2.36. The topological polar surface area (TPSA) is 47.9 Å². The SMILES string of the molecule is C=CNC(=NC(Cc1ccccc1)C(=O)N(C)C)/C(C)=C/C1CCN(Cc2ccc(C(F)(F)F)cc2C)CC1.CC.FCF. The van der Waals surface area contributed by atoms with E-state index in [1.807, 2.05) is 51.1 Å². The zero-order chi connectivity index (χ0) is 33.3. The normalized spacial score (nSPS) is 15.2. The number of hydrogen-bond acceptors (Lipinski definition) is 3. The van der Waals surface area contributed by atoms with Crippen LogP contribution in [0, 0.1) is 12.8 Å². The number of aryl methyl sites for hydroxylation is 1. The van der Waals surface area contributed by atoms with Gasteiger partial charge in [-0.2, -0.15) is 13.2 Å². The number of amidine groups is 1. The van der Waals surface area contributed by atoms with E-state index in [1.54, 1.807) is 38.2 Å². The van der Waals surface area contributed by atoms with Gasteiger partial charge in [0.1, 0.15) is 11.9 Å². The molecule has 44 heavy (non-hydrogen) atoms. The molecular weight excluding hydrogens is 575 g/mol. The van der Waals surface area contributed by atoms with Crippen LogP contribution < -0.4 is 5.32 Å². The Hall–Kier alpha value is -3.53. The second-order valence-corrected chi connectivity index (χ2v) is 10.5. The van der Waals surface area contributed by atoms with Crippen molar-refractivity contribution in [1.82, 2.24) is 15.1 Å². The van der Waals surface area contributed by atoms with E-state index in [1.165, 1.54) is 12.1 Å². The Balaban J connectivity index is 0.00000182. The summed E-state index contributed by atoms with van der Waals surface area (Å²) in [7, 11) is 3.47. The molecule has 1 aliphatic rings. The number of aliphatic imine (C=N–C) groups is 1. The lowest BCUT2D eigenvalue weighted by Gasteiger charge is -2.31. The van der Waals surface area contributed by atoms with E-state index in [0.717, 1.165) is 42.6 Å². The smallest absolute Gasteiger partial charge is 0.347 e. The maximum atomic E-state index is 13.0. The van der Waals surface area contributed by atoms with Crippen LogP contribution in [0.3, 0.4) is 0 Å². The number of amides is 1. The van der Waals surface area contributed by atoms with Gasteiger partial charge in [-0.1, -0.05) is 62.9 Å². The molecule has 0 aliphatic carbocycles. The molecule has 1 N–H and O–H groups in total. The van der Waals surface area contributed by atoms with E-state index >= 15 is 0 Å². The molecule has 2 aromatic rings. The van der Waals surface area contributed by atoms with E-state index in [4.69, 9.17) is 4.99 Å². The maximum Gasteiger partial charge on any atom is 0.416 e. The second kappa shape index (κ2) is 19.7.